The predicted octanol–water partition coefficient (Wildman–Crippen LogP) is 3.93. The van der Waals surface area contributed by atoms with E-state index in [2.05, 4.69) is 53.0 Å². The highest BCUT2D eigenvalue weighted by Crippen LogP contribution is 2.24. The van der Waals surface area contributed by atoms with Crippen molar-refractivity contribution < 1.29 is 0 Å². The quantitative estimate of drug-likeness (QED) is 0.747. The summed E-state index contributed by atoms with van der Waals surface area (Å²) in [6.07, 6.45) is 0. The van der Waals surface area contributed by atoms with Gasteiger partial charge in [-0.15, -0.1) is 0 Å². The zero-order valence-electron chi connectivity index (χ0n) is 11.4. The first-order valence-electron chi connectivity index (χ1n) is 6.41. The van der Waals surface area contributed by atoms with E-state index in [4.69, 9.17) is 0 Å². The summed E-state index contributed by atoms with van der Waals surface area (Å²) in [4.78, 5) is 4.63. The Bertz CT molecular complexity index is 741. The molecule has 96 valence electrons. The van der Waals surface area contributed by atoms with Crippen LogP contribution < -0.4 is 5.32 Å². The molecule has 0 saturated carbocycles. The first-order chi connectivity index (χ1) is 9.15. The zero-order valence-corrected chi connectivity index (χ0v) is 11.4. The standard InChI is InChI=1S/C16H17N3/c1-11-8-9-12(2)14(10-11)18-16-17-13-6-4-5-7-15(13)19(16)3/h4-10H,1-3H3,(H,17,18). The minimum absolute atomic E-state index is 0.870. The Hall–Kier alpha value is -2.29. The summed E-state index contributed by atoms with van der Waals surface area (Å²) in [7, 11) is 2.03. The number of anilines is 2. The highest BCUT2D eigenvalue weighted by molar-refractivity contribution is 5.79. The van der Waals surface area contributed by atoms with Crippen LogP contribution in [0, 0.1) is 13.8 Å². The lowest BCUT2D eigenvalue weighted by atomic mass is 10.1. The molecule has 3 rings (SSSR count). The summed E-state index contributed by atoms with van der Waals surface area (Å²) in [5, 5.41) is 3.42. The van der Waals surface area contributed by atoms with Crippen molar-refractivity contribution in [1.82, 2.24) is 9.55 Å². The van der Waals surface area contributed by atoms with Crippen molar-refractivity contribution in [3.05, 3.63) is 53.6 Å². The van der Waals surface area contributed by atoms with E-state index in [0.717, 1.165) is 22.7 Å². The SMILES string of the molecule is Cc1ccc(C)c(Nc2nc3ccccc3n2C)c1. The van der Waals surface area contributed by atoms with Crippen LogP contribution in [0.1, 0.15) is 11.1 Å². The average molecular weight is 251 g/mol. The van der Waals surface area contributed by atoms with Crippen molar-refractivity contribution in [2.45, 2.75) is 13.8 Å². The van der Waals surface area contributed by atoms with E-state index < -0.39 is 0 Å². The Labute approximate surface area is 112 Å². The fourth-order valence-corrected chi connectivity index (χ4v) is 2.25. The van der Waals surface area contributed by atoms with Gasteiger partial charge >= 0.3 is 0 Å². The van der Waals surface area contributed by atoms with Gasteiger partial charge in [-0.1, -0.05) is 24.3 Å². The van der Waals surface area contributed by atoms with Gasteiger partial charge in [-0.25, -0.2) is 4.98 Å². The molecule has 3 aromatic rings. The molecule has 3 heteroatoms. The van der Waals surface area contributed by atoms with Crippen molar-refractivity contribution in [2.24, 2.45) is 7.05 Å². The lowest BCUT2D eigenvalue weighted by molar-refractivity contribution is 0.957. The molecule has 3 nitrogen and oxygen atoms in total. The van der Waals surface area contributed by atoms with E-state index >= 15 is 0 Å². The van der Waals surface area contributed by atoms with Crippen molar-refractivity contribution in [1.29, 1.82) is 0 Å². The number of fused-ring (bicyclic) bond motifs is 1. The third-order valence-corrected chi connectivity index (χ3v) is 3.43. The van der Waals surface area contributed by atoms with Crippen molar-refractivity contribution >= 4 is 22.7 Å². The number of nitrogens with zero attached hydrogens (tertiary/aromatic N) is 2. The zero-order chi connectivity index (χ0) is 13.4. The first-order valence-corrected chi connectivity index (χ1v) is 6.41. The van der Waals surface area contributed by atoms with Gasteiger partial charge in [-0.3, -0.25) is 0 Å². The lowest BCUT2D eigenvalue weighted by Crippen LogP contribution is -2.00. The molecule has 0 bridgehead atoms. The van der Waals surface area contributed by atoms with Gasteiger partial charge in [-0.2, -0.15) is 0 Å². The number of imidazole rings is 1. The van der Waals surface area contributed by atoms with Gasteiger partial charge in [-0.05, 0) is 43.2 Å². The van der Waals surface area contributed by atoms with Crippen LogP contribution in [0.5, 0.6) is 0 Å². The summed E-state index contributed by atoms with van der Waals surface area (Å²) in [5.74, 6) is 0.870. The molecular formula is C16H17N3. The van der Waals surface area contributed by atoms with Crippen LogP contribution in [0.25, 0.3) is 11.0 Å². The predicted molar refractivity (Wildman–Crippen MR) is 79.9 cm³/mol. The van der Waals surface area contributed by atoms with Gasteiger partial charge in [0, 0.05) is 12.7 Å². The average Bonchev–Trinajstić information content (AvgIpc) is 2.72. The van der Waals surface area contributed by atoms with Crippen LogP contribution in [0.15, 0.2) is 42.5 Å². The van der Waals surface area contributed by atoms with Crippen molar-refractivity contribution in [2.75, 3.05) is 5.32 Å². The van der Waals surface area contributed by atoms with Gasteiger partial charge in [0.2, 0.25) is 5.95 Å². The second-order valence-corrected chi connectivity index (χ2v) is 4.93. The summed E-state index contributed by atoms with van der Waals surface area (Å²) in [5.41, 5.74) is 5.72. The minimum atomic E-state index is 0.870. The monoisotopic (exact) mass is 251 g/mol. The topological polar surface area (TPSA) is 29.9 Å². The molecule has 0 aliphatic rings. The number of hydrogen-bond donors (Lipinski definition) is 1. The van der Waals surface area contributed by atoms with Crippen molar-refractivity contribution in [3.63, 3.8) is 0 Å². The number of nitrogens with one attached hydrogen (secondary N) is 1. The number of para-hydroxylation sites is 2. The minimum Gasteiger partial charge on any atom is -0.325 e. The third kappa shape index (κ3) is 2.08. The van der Waals surface area contributed by atoms with Gasteiger partial charge < -0.3 is 9.88 Å². The Balaban J connectivity index is 2.06. The van der Waals surface area contributed by atoms with Gasteiger partial charge in [0.1, 0.15) is 0 Å². The smallest absolute Gasteiger partial charge is 0.208 e. The number of benzene rings is 2. The van der Waals surface area contributed by atoms with Crippen LogP contribution in [-0.4, -0.2) is 9.55 Å². The molecule has 0 amide bonds. The van der Waals surface area contributed by atoms with E-state index in [-0.39, 0.29) is 0 Å². The van der Waals surface area contributed by atoms with Gasteiger partial charge in [0.15, 0.2) is 0 Å². The second kappa shape index (κ2) is 4.43. The maximum Gasteiger partial charge on any atom is 0.208 e. The second-order valence-electron chi connectivity index (χ2n) is 4.93. The van der Waals surface area contributed by atoms with E-state index in [0.29, 0.717) is 0 Å². The Morgan fingerprint density at radius 3 is 2.63 bits per heavy atom. The lowest BCUT2D eigenvalue weighted by Gasteiger charge is -2.10. The Kier molecular flexibility index (Phi) is 2.75. The molecule has 0 spiro atoms. The molecule has 0 aliphatic heterocycles. The normalized spacial score (nSPS) is 10.9. The third-order valence-electron chi connectivity index (χ3n) is 3.43. The summed E-state index contributed by atoms with van der Waals surface area (Å²) in [6, 6.07) is 14.5. The molecule has 1 N–H and O–H groups in total. The highest BCUT2D eigenvalue weighted by atomic mass is 15.2. The Morgan fingerprint density at radius 2 is 1.84 bits per heavy atom. The molecule has 0 fully saturated rings. The van der Waals surface area contributed by atoms with Gasteiger partial charge in [0.05, 0.1) is 11.0 Å². The molecule has 2 aromatic carbocycles. The molecule has 0 saturated heterocycles. The maximum atomic E-state index is 4.63. The molecule has 0 atom stereocenters. The number of aromatic nitrogens is 2. The van der Waals surface area contributed by atoms with Crippen LogP contribution in [0.3, 0.4) is 0 Å². The molecule has 1 heterocycles. The highest BCUT2D eigenvalue weighted by Gasteiger charge is 2.08. The largest absolute Gasteiger partial charge is 0.325 e. The van der Waals surface area contributed by atoms with Crippen LogP contribution in [0.2, 0.25) is 0 Å². The maximum absolute atomic E-state index is 4.63. The van der Waals surface area contributed by atoms with E-state index in [1.165, 1.54) is 11.1 Å². The molecule has 0 aliphatic carbocycles. The number of hydrogen-bond acceptors (Lipinski definition) is 2. The molecule has 1 aromatic heterocycles. The van der Waals surface area contributed by atoms with Crippen molar-refractivity contribution in [3.8, 4) is 0 Å². The summed E-state index contributed by atoms with van der Waals surface area (Å²) >= 11 is 0. The van der Waals surface area contributed by atoms with Gasteiger partial charge in [0.25, 0.3) is 0 Å². The van der Waals surface area contributed by atoms with E-state index in [1.54, 1.807) is 0 Å². The fourth-order valence-electron chi connectivity index (χ4n) is 2.25. The van der Waals surface area contributed by atoms with E-state index in [1.807, 2.05) is 25.2 Å². The summed E-state index contributed by atoms with van der Waals surface area (Å²) in [6.45, 7) is 4.20. The molecule has 19 heavy (non-hydrogen) atoms. The number of rotatable bonds is 2. The molecular weight excluding hydrogens is 234 g/mol. The Morgan fingerprint density at radius 1 is 1.05 bits per heavy atom. The fraction of sp³-hybridized carbons (Fsp3) is 0.188. The van der Waals surface area contributed by atoms with Crippen LogP contribution >= 0.6 is 0 Å². The molecule has 0 unspecified atom stereocenters. The number of aryl methyl sites for hydroxylation is 3. The van der Waals surface area contributed by atoms with Crippen LogP contribution in [0.4, 0.5) is 11.6 Å². The first kappa shape index (κ1) is 11.8. The molecule has 0 radical (unpaired) electrons. The summed E-state index contributed by atoms with van der Waals surface area (Å²) < 4.78 is 2.08. The van der Waals surface area contributed by atoms with E-state index in [9.17, 15) is 0 Å². The van der Waals surface area contributed by atoms with Crippen LogP contribution in [-0.2, 0) is 7.05 Å².